The number of aliphatic hydroxyl groups is 3. The Morgan fingerprint density at radius 2 is 1.89 bits per heavy atom. The second-order valence-electron chi connectivity index (χ2n) is 10.2. The molecule has 1 heterocycles. The van der Waals surface area contributed by atoms with E-state index in [1.54, 1.807) is 13.0 Å². The molecule has 0 aromatic heterocycles. The van der Waals surface area contributed by atoms with Crippen LogP contribution in [0.15, 0.2) is 36.4 Å². The molecule has 2 aliphatic rings. The summed E-state index contributed by atoms with van der Waals surface area (Å²) in [7, 11) is 1.51. The third-order valence-corrected chi connectivity index (χ3v) is 7.45. The summed E-state index contributed by atoms with van der Waals surface area (Å²) in [6, 6.07) is 11.3. The zero-order chi connectivity index (χ0) is 26.0. The minimum absolute atomic E-state index is 0.0189. The van der Waals surface area contributed by atoms with E-state index in [2.05, 4.69) is 6.07 Å². The van der Waals surface area contributed by atoms with Gasteiger partial charge in [0.15, 0.2) is 17.8 Å². The van der Waals surface area contributed by atoms with E-state index in [-0.39, 0.29) is 55.3 Å². The van der Waals surface area contributed by atoms with E-state index >= 15 is 0 Å². The van der Waals surface area contributed by atoms with Crippen molar-refractivity contribution in [1.29, 1.82) is 0 Å². The number of rotatable bonds is 8. The molecule has 0 bridgehead atoms. The maximum atomic E-state index is 10.6. The van der Waals surface area contributed by atoms with E-state index in [1.165, 1.54) is 7.11 Å². The number of hydrogen-bond acceptors (Lipinski definition) is 8. The lowest BCUT2D eigenvalue weighted by molar-refractivity contribution is -0.259. The number of benzene rings is 2. The molecule has 1 aliphatic heterocycles. The molecule has 4 N–H and O–H groups in total. The van der Waals surface area contributed by atoms with Gasteiger partial charge in [-0.05, 0) is 73.1 Å². The van der Waals surface area contributed by atoms with Gasteiger partial charge >= 0.3 is 0 Å². The van der Waals surface area contributed by atoms with Crippen LogP contribution in [0, 0.1) is 17.8 Å². The van der Waals surface area contributed by atoms with Crippen molar-refractivity contribution in [2.45, 2.75) is 57.7 Å². The second kappa shape index (κ2) is 11.4. The lowest BCUT2D eigenvalue weighted by atomic mass is 9.67. The fourth-order valence-electron chi connectivity index (χ4n) is 5.35. The Labute approximate surface area is 212 Å². The molecule has 0 spiro atoms. The first-order valence-corrected chi connectivity index (χ1v) is 12.6. The molecule has 0 amide bonds. The molecule has 1 aliphatic carbocycles. The van der Waals surface area contributed by atoms with Crippen molar-refractivity contribution in [3.05, 3.63) is 53.1 Å². The van der Waals surface area contributed by atoms with Gasteiger partial charge < -0.3 is 39.4 Å². The molecule has 36 heavy (non-hydrogen) atoms. The Kier molecular flexibility index (Phi) is 8.42. The van der Waals surface area contributed by atoms with Crippen molar-refractivity contribution < 1.29 is 39.4 Å². The Morgan fingerprint density at radius 3 is 2.58 bits per heavy atom. The van der Waals surface area contributed by atoms with Crippen LogP contribution in [0.1, 0.15) is 43.4 Å². The topological polar surface area (TPSA) is 118 Å². The number of ether oxygens (including phenoxy) is 4. The summed E-state index contributed by atoms with van der Waals surface area (Å²) in [5.74, 6) is 0.329. The van der Waals surface area contributed by atoms with Gasteiger partial charge in [0.2, 0.25) is 0 Å². The number of aromatic hydroxyl groups is 1. The Hall–Kier alpha value is -2.36. The van der Waals surface area contributed by atoms with Crippen LogP contribution in [0.3, 0.4) is 0 Å². The van der Waals surface area contributed by atoms with Crippen molar-refractivity contribution in [2.75, 3.05) is 26.9 Å². The van der Waals surface area contributed by atoms with E-state index in [9.17, 15) is 20.4 Å². The van der Waals surface area contributed by atoms with Crippen molar-refractivity contribution in [3.63, 3.8) is 0 Å². The maximum Gasteiger partial charge on any atom is 0.183 e. The first kappa shape index (κ1) is 26.7. The number of hydrogen-bond donors (Lipinski definition) is 4. The number of phenolic OH excluding ortho intramolecular Hbond substituents is 1. The first-order valence-electron chi connectivity index (χ1n) is 12.6. The van der Waals surface area contributed by atoms with Crippen LogP contribution in [-0.4, -0.2) is 72.0 Å². The van der Waals surface area contributed by atoms with E-state index < -0.39 is 18.5 Å². The maximum absolute atomic E-state index is 10.6. The highest BCUT2D eigenvalue weighted by molar-refractivity contribution is 5.50. The summed E-state index contributed by atoms with van der Waals surface area (Å²) in [4.78, 5) is 0. The smallest absolute Gasteiger partial charge is 0.183 e. The molecular formula is C28H38O8. The van der Waals surface area contributed by atoms with Gasteiger partial charge in [0.05, 0.1) is 32.5 Å². The van der Waals surface area contributed by atoms with Gasteiger partial charge in [-0.1, -0.05) is 19.1 Å². The Morgan fingerprint density at radius 1 is 1.11 bits per heavy atom. The summed E-state index contributed by atoms with van der Waals surface area (Å²) in [6.07, 6.45) is -1.89. The van der Waals surface area contributed by atoms with Crippen LogP contribution in [0.2, 0.25) is 0 Å². The molecule has 8 nitrogen and oxygen atoms in total. The minimum Gasteiger partial charge on any atom is -0.504 e. The van der Waals surface area contributed by atoms with Gasteiger partial charge in [-0.15, -0.1) is 0 Å². The molecule has 198 valence electrons. The largest absolute Gasteiger partial charge is 0.504 e. The molecule has 0 radical (unpaired) electrons. The van der Waals surface area contributed by atoms with Gasteiger partial charge in [0.25, 0.3) is 0 Å². The molecule has 4 rings (SSSR count). The molecule has 1 saturated heterocycles. The Bertz CT molecular complexity index is 1020. The van der Waals surface area contributed by atoms with Crippen molar-refractivity contribution in [2.24, 2.45) is 17.8 Å². The molecule has 7 atom stereocenters. The number of fused-ring (bicyclic) bond motifs is 1. The average Bonchev–Trinajstić information content (AvgIpc) is 2.86. The van der Waals surface area contributed by atoms with Crippen LogP contribution < -0.4 is 9.47 Å². The Balaban J connectivity index is 1.72. The highest BCUT2D eigenvalue weighted by Gasteiger charge is 2.41. The van der Waals surface area contributed by atoms with Gasteiger partial charge in [-0.2, -0.15) is 0 Å². The summed E-state index contributed by atoms with van der Waals surface area (Å²) in [5.41, 5.74) is 3.09. The van der Waals surface area contributed by atoms with Crippen LogP contribution >= 0.6 is 0 Å². The molecule has 1 fully saturated rings. The summed E-state index contributed by atoms with van der Waals surface area (Å²) in [6.45, 7) is 6.00. The summed E-state index contributed by atoms with van der Waals surface area (Å²) >= 11 is 0. The van der Waals surface area contributed by atoms with Gasteiger partial charge in [-0.25, -0.2) is 0 Å². The highest BCUT2D eigenvalue weighted by atomic mass is 16.7. The normalized spacial score (nSPS) is 30.2. The predicted octanol–water partition coefficient (Wildman–Crippen LogP) is 2.83. The van der Waals surface area contributed by atoms with E-state index in [0.717, 1.165) is 22.4 Å². The highest BCUT2D eigenvalue weighted by Crippen LogP contribution is 2.46. The van der Waals surface area contributed by atoms with Gasteiger partial charge in [0.1, 0.15) is 11.9 Å². The third kappa shape index (κ3) is 5.48. The zero-order valence-corrected chi connectivity index (χ0v) is 21.3. The van der Waals surface area contributed by atoms with E-state index in [1.807, 2.05) is 38.1 Å². The molecular weight excluding hydrogens is 464 g/mol. The lowest BCUT2D eigenvalue weighted by Crippen LogP contribution is -2.50. The molecule has 1 unspecified atom stereocenters. The van der Waals surface area contributed by atoms with Gasteiger partial charge in [0, 0.05) is 18.4 Å². The van der Waals surface area contributed by atoms with Gasteiger partial charge in [-0.3, -0.25) is 0 Å². The number of phenols is 1. The second-order valence-corrected chi connectivity index (χ2v) is 10.2. The molecule has 0 saturated carbocycles. The number of aliphatic hydroxyl groups excluding tert-OH is 3. The van der Waals surface area contributed by atoms with Crippen molar-refractivity contribution >= 4 is 0 Å². The monoisotopic (exact) mass is 502 g/mol. The molecule has 2 aromatic rings. The van der Waals surface area contributed by atoms with E-state index in [4.69, 9.17) is 18.9 Å². The third-order valence-electron chi connectivity index (χ3n) is 7.45. The minimum atomic E-state index is -0.963. The van der Waals surface area contributed by atoms with Crippen LogP contribution in [-0.2, 0) is 15.9 Å². The zero-order valence-electron chi connectivity index (χ0n) is 21.3. The summed E-state index contributed by atoms with van der Waals surface area (Å²) < 4.78 is 23.1. The van der Waals surface area contributed by atoms with Crippen LogP contribution in [0.25, 0.3) is 0 Å². The molecule has 2 aromatic carbocycles. The van der Waals surface area contributed by atoms with Crippen molar-refractivity contribution in [1.82, 2.24) is 0 Å². The van der Waals surface area contributed by atoms with Crippen LogP contribution in [0.4, 0.5) is 0 Å². The fourth-order valence-corrected chi connectivity index (χ4v) is 5.35. The lowest BCUT2D eigenvalue weighted by Gasteiger charge is -2.41. The van der Waals surface area contributed by atoms with E-state index in [0.29, 0.717) is 12.2 Å². The predicted molar refractivity (Wildman–Crippen MR) is 133 cm³/mol. The SMILES string of the molecule is COc1cc(C2c3cc(OC(C)C)ccc3C[C@H](CO)[C@H]2CO[C@@H]2OC[C@@H](O)[C@H](C)[C@H]2O)ccc1O. The summed E-state index contributed by atoms with van der Waals surface area (Å²) in [5, 5.41) is 41.2. The quantitative estimate of drug-likeness (QED) is 0.435. The number of methoxy groups -OCH3 is 1. The van der Waals surface area contributed by atoms with Crippen LogP contribution in [0.5, 0.6) is 17.2 Å². The van der Waals surface area contributed by atoms with Crippen molar-refractivity contribution in [3.8, 4) is 17.2 Å². The standard InChI is InChI=1S/C28H38O8/c1-15(2)36-20-7-5-17-9-19(12-29)22(13-34-28-27(32)16(3)24(31)14-35-28)26(21(17)11-20)18-6-8-23(30)25(10-18)33-4/h5-8,10-11,15-16,19,22,24,26-32H,9,12-14H2,1-4H3/t16-,19+,22+,24+,26?,27+,28+/m0/s1. The average molecular weight is 503 g/mol. The molecule has 8 heteroatoms. The first-order chi connectivity index (χ1) is 17.2. The fraction of sp³-hybridized carbons (Fsp3) is 0.571.